The molecular weight excluding hydrogens is 212 g/mol. The Bertz CT molecular complexity index is 202. The van der Waals surface area contributed by atoms with Crippen molar-refractivity contribution < 1.29 is 4.74 Å². The molecule has 3 heteroatoms. The summed E-state index contributed by atoms with van der Waals surface area (Å²) in [6, 6.07) is 0.604. The molecule has 102 valence electrons. The second-order valence-corrected chi connectivity index (χ2v) is 5.39. The predicted molar refractivity (Wildman–Crippen MR) is 73.2 cm³/mol. The molecule has 1 heterocycles. The van der Waals surface area contributed by atoms with Crippen molar-refractivity contribution >= 4 is 0 Å². The van der Waals surface area contributed by atoms with Crippen LogP contribution in [0.25, 0.3) is 0 Å². The van der Waals surface area contributed by atoms with Crippen LogP contribution in [0.15, 0.2) is 0 Å². The van der Waals surface area contributed by atoms with Crippen LogP contribution < -0.4 is 5.73 Å². The van der Waals surface area contributed by atoms with Crippen molar-refractivity contribution in [3.05, 3.63) is 0 Å². The van der Waals surface area contributed by atoms with Gasteiger partial charge in [-0.3, -0.25) is 4.90 Å². The van der Waals surface area contributed by atoms with E-state index in [-0.39, 0.29) is 5.54 Å². The molecule has 0 saturated carbocycles. The number of unbranched alkanes of at least 4 members (excludes halogenated alkanes) is 1. The first-order valence-corrected chi connectivity index (χ1v) is 7.24. The predicted octanol–water partition coefficient (Wildman–Crippen LogP) is 2.39. The highest BCUT2D eigenvalue weighted by Crippen LogP contribution is 2.28. The monoisotopic (exact) mass is 242 g/mol. The van der Waals surface area contributed by atoms with Crippen LogP contribution in [0.3, 0.4) is 0 Å². The van der Waals surface area contributed by atoms with Crippen molar-refractivity contribution in [1.29, 1.82) is 0 Å². The van der Waals surface area contributed by atoms with Crippen LogP contribution >= 0.6 is 0 Å². The third-order valence-corrected chi connectivity index (χ3v) is 4.17. The van der Waals surface area contributed by atoms with Crippen LogP contribution in [0.1, 0.15) is 52.9 Å². The summed E-state index contributed by atoms with van der Waals surface area (Å²) < 4.78 is 5.71. The molecule has 2 unspecified atom stereocenters. The topological polar surface area (TPSA) is 38.5 Å². The zero-order valence-electron chi connectivity index (χ0n) is 11.9. The normalized spacial score (nSPS) is 27.4. The molecule has 1 fully saturated rings. The van der Waals surface area contributed by atoms with E-state index in [0.717, 1.165) is 32.7 Å². The number of hydrogen-bond donors (Lipinski definition) is 1. The molecule has 3 nitrogen and oxygen atoms in total. The summed E-state index contributed by atoms with van der Waals surface area (Å²) in [4.78, 5) is 2.62. The van der Waals surface area contributed by atoms with E-state index < -0.39 is 0 Å². The molecule has 1 aliphatic rings. The lowest BCUT2D eigenvalue weighted by atomic mass is 9.88. The average molecular weight is 242 g/mol. The summed E-state index contributed by atoms with van der Waals surface area (Å²) in [6.45, 7) is 10.4. The highest BCUT2D eigenvalue weighted by Gasteiger charge is 2.39. The van der Waals surface area contributed by atoms with Crippen LogP contribution in [0.2, 0.25) is 0 Å². The van der Waals surface area contributed by atoms with E-state index in [1.807, 2.05) is 0 Å². The standard InChI is InChI=1S/C14H30N2O/c1-4-6-9-16(13(3)5-2)14(11-15)8-7-10-17-12-14/h13H,4-12,15H2,1-3H3. The lowest BCUT2D eigenvalue weighted by molar-refractivity contribution is -0.0615. The van der Waals surface area contributed by atoms with E-state index in [1.165, 1.54) is 25.7 Å². The van der Waals surface area contributed by atoms with Gasteiger partial charge in [-0.2, -0.15) is 0 Å². The summed E-state index contributed by atoms with van der Waals surface area (Å²) in [5, 5.41) is 0. The second kappa shape index (κ2) is 7.34. The van der Waals surface area contributed by atoms with Crippen LogP contribution in [0.5, 0.6) is 0 Å². The second-order valence-electron chi connectivity index (χ2n) is 5.39. The smallest absolute Gasteiger partial charge is 0.0662 e. The molecule has 17 heavy (non-hydrogen) atoms. The molecule has 0 radical (unpaired) electrons. The minimum Gasteiger partial charge on any atom is -0.379 e. The number of nitrogens with two attached hydrogens (primary N) is 1. The average Bonchev–Trinajstić information content (AvgIpc) is 2.39. The fourth-order valence-electron chi connectivity index (χ4n) is 2.82. The molecule has 0 aromatic heterocycles. The fraction of sp³-hybridized carbons (Fsp3) is 1.00. The lowest BCUT2D eigenvalue weighted by Gasteiger charge is -2.48. The maximum Gasteiger partial charge on any atom is 0.0662 e. The van der Waals surface area contributed by atoms with Gasteiger partial charge in [-0.15, -0.1) is 0 Å². The first-order valence-electron chi connectivity index (χ1n) is 7.24. The zero-order chi connectivity index (χ0) is 12.7. The maximum atomic E-state index is 6.08. The van der Waals surface area contributed by atoms with Gasteiger partial charge in [-0.05, 0) is 39.2 Å². The molecule has 1 rings (SSSR count). The van der Waals surface area contributed by atoms with E-state index in [2.05, 4.69) is 25.7 Å². The van der Waals surface area contributed by atoms with E-state index in [0.29, 0.717) is 6.04 Å². The van der Waals surface area contributed by atoms with Gasteiger partial charge < -0.3 is 10.5 Å². The molecule has 0 amide bonds. The Morgan fingerprint density at radius 2 is 2.18 bits per heavy atom. The SMILES string of the molecule is CCCCN(C(C)CC)C1(CN)CCCOC1. The Balaban J connectivity index is 2.75. The minimum absolute atomic E-state index is 0.100. The summed E-state index contributed by atoms with van der Waals surface area (Å²) >= 11 is 0. The molecular formula is C14H30N2O. The largest absolute Gasteiger partial charge is 0.379 e. The molecule has 0 spiro atoms. The van der Waals surface area contributed by atoms with Gasteiger partial charge in [-0.25, -0.2) is 0 Å². The van der Waals surface area contributed by atoms with Gasteiger partial charge in [0.1, 0.15) is 0 Å². The number of nitrogens with zero attached hydrogens (tertiary/aromatic N) is 1. The zero-order valence-corrected chi connectivity index (χ0v) is 11.9. The first-order chi connectivity index (χ1) is 8.20. The maximum absolute atomic E-state index is 6.08. The highest BCUT2D eigenvalue weighted by atomic mass is 16.5. The molecule has 1 saturated heterocycles. The summed E-state index contributed by atoms with van der Waals surface area (Å²) in [6.07, 6.45) is 6.03. The summed E-state index contributed by atoms with van der Waals surface area (Å²) in [5.41, 5.74) is 6.18. The van der Waals surface area contributed by atoms with Crippen molar-refractivity contribution in [2.75, 3.05) is 26.3 Å². The summed E-state index contributed by atoms with van der Waals surface area (Å²) in [7, 11) is 0. The van der Waals surface area contributed by atoms with Crippen molar-refractivity contribution in [3.63, 3.8) is 0 Å². The lowest BCUT2D eigenvalue weighted by Crippen LogP contribution is -2.61. The van der Waals surface area contributed by atoms with Crippen LogP contribution in [-0.4, -0.2) is 42.8 Å². The van der Waals surface area contributed by atoms with Gasteiger partial charge in [0.15, 0.2) is 0 Å². The Morgan fingerprint density at radius 1 is 1.41 bits per heavy atom. The molecule has 0 aromatic carbocycles. The molecule has 0 aromatic rings. The minimum atomic E-state index is 0.100. The van der Waals surface area contributed by atoms with E-state index in [1.54, 1.807) is 0 Å². The number of hydrogen-bond acceptors (Lipinski definition) is 3. The third kappa shape index (κ3) is 3.67. The van der Waals surface area contributed by atoms with Crippen molar-refractivity contribution in [3.8, 4) is 0 Å². The van der Waals surface area contributed by atoms with Crippen molar-refractivity contribution in [1.82, 2.24) is 4.90 Å². The van der Waals surface area contributed by atoms with Gasteiger partial charge in [0.05, 0.1) is 12.1 Å². The van der Waals surface area contributed by atoms with Gasteiger partial charge >= 0.3 is 0 Å². The van der Waals surface area contributed by atoms with Gasteiger partial charge in [-0.1, -0.05) is 20.3 Å². The van der Waals surface area contributed by atoms with E-state index in [9.17, 15) is 0 Å². The number of rotatable bonds is 7. The van der Waals surface area contributed by atoms with Crippen molar-refractivity contribution in [2.45, 2.75) is 64.5 Å². The Kier molecular flexibility index (Phi) is 6.45. The van der Waals surface area contributed by atoms with E-state index in [4.69, 9.17) is 10.5 Å². The van der Waals surface area contributed by atoms with Crippen LogP contribution in [0.4, 0.5) is 0 Å². The summed E-state index contributed by atoms with van der Waals surface area (Å²) in [5.74, 6) is 0. The van der Waals surface area contributed by atoms with Gasteiger partial charge in [0.2, 0.25) is 0 Å². The Hall–Kier alpha value is -0.120. The highest BCUT2D eigenvalue weighted by molar-refractivity contribution is 4.95. The third-order valence-electron chi connectivity index (χ3n) is 4.17. The Morgan fingerprint density at radius 3 is 2.65 bits per heavy atom. The molecule has 0 bridgehead atoms. The van der Waals surface area contributed by atoms with Crippen molar-refractivity contribution in [2.24, 2.45) is 5.73 Å². The van der Waals surface area contributed by atoms with Crippen LogP contribution in [-0.2, 0) is 4.74 Å². The molecule has 2 atom stereocenters. The van der Waals surface area contributed by atoms with Crippen LogP contribution in [0, 0.1) is 0 Å². The molecule has 0 aliphatic carbocycles. The van der Waals surface area contributed by atoms with Gasteiger partial charge in [0, 0.05) is 19.2 Å². The van der Waals surface area contributed by atoms with Gasteiger partial charge in [0.25, 0.3) is 0 Å². The first kappa shape index (κ1) is 14.9. The Labute approximate surface area is 107 Å². The number of ether oxygens (including phenoxy) is 1. The van der Waals surface area contributed by atoms with E-state index >= 15 is 0 Å². The molecule has 2 N–H and O–H groups in total. The fourth-order valence-corrected chi connectivity index (χ4v) is 2.82. The molecule has 1 aliphatic heterocycles. The quantitative estimate of drug-likeness (QED) is 0.745.